The highest BCUT2D eigenvalue weighted by atomic mass is 16.2. The number of aromatic nitrogens is 1. The van der Waals surface area contributed by atoms with E-state index in [0.717, 1.165) is 25.2 Å². The molecular formula is C18H18N2O. The Hall–Kier alpha value is -2.42. The molecule has 1 atom stereocenters. The summed E-state index contributed by atoms with van der Waals surface area (Å²) in [7, 11) is 0. The minimum Gasteiger partial charge on any atom is -0.339 e. The molecule has 3 heteroatoms. The van der Waals surface area contributed by atoms with Crippen LogP contribution in [-0.2, 0) is 4.79 Å². The highest BCUT2D eigenvalue weighted by molar-refractivity contribution is 5.91. The van der Waals surface area contributed by atoms with Crippen molar-refractivity contribution in [3.05, 3.63) is 72.1 Å². The lowest BCUT2D eigenvalue weighted by atomic mass is 9.99. The predicted octanol–water partition coefficient (Wildman–Crippen LogP) is 3.11. The Balaban J connectivity index is 1.61. The molecule has 2 aromatic rings. The van der Waals surface area contributed by atoms with E-state index in [-0.39, 0.29) is 5.91 Å². The van der Waals surface area contributed by atoms with E-state index in [0.29, 0.717) is 5.92 Å². The zero-order valence-corrected chi connectivity index (χ0v) is 11.9. The molecule has 1 aliphatic heterocycles. The average molecular weight is 278 g/mol. The summed E-state index contributed by atoms with van der Waals surface area (Å²) in [5, 5.41) is 0. The van der Waals surface area contributed by atoms with Gasteiger partial charge in [-0.1, -0.05) is 36.4 Å². The Morgan fingerprint density at radius 3 is 2.71 bits per heavy atom. The number of rotatable bonds is 3. The van der Waals surface area contributed by atoms with E-state index in [9.17, 15) is 4.79 Å². The number of pyridine rings is 1. The first kappa shape index (κ1) is 13.6. The second kappa shape index (κ2) is 6.35. The fraction of sp³-hybridized carbons (Fsp3) is 0.222. The van der Waals surface area contributed by atoms with Gasteiger partial charge in [-0.15, -0.1) is 0 Å². The first-order valence-electron chi connectivity index (χ1n) is 7.26. The summed E-state index contributed by atoms with van der Waals surface area (Å²) in [5.74, 6) is 0.525. The predicted molar refractivity (Wildman–Crippen MR) is 83.7 cm³/mol. The van der Waals surface area contributed by atoms with Crippen molar-refractivity contribution < 1.29 is 4.79 Å². The Bertz CT molecular complexity index is 622. The fourth-order valence-corrected chi connectivity index (χ4v) is 2.69. The Morgan fingerprint density at radius 2 is 1.95 bits per heavy atom. The average Bonchev–Trinajstić information content (AvgIpc) is 3.04. The van der Waals surface area contributed by atoms with Crippen LogP contribution in [0.1, 0.15) is 23.6 Å². The maximum Gasteiger partial charge on any atom is 0.246 e. The third kappa shape index (κ3) is 3.37. The molecular weight excluding hydrogens is 260 g/mol. The molecule has 0 bridgehead atoms. The van der Waals surface area contributed by atoms with Gasteiger partial charge in [0.05, 0.1) is 5.69 Å². The maximum atomic E-state index is 12.2. The van der Waals surface area contributed by atoms with Crippen LogP contribution >= 0.6 is 0 Å². The molecule has 0 spiro atoms. The van der Waals surface area contributed by atoms with Crippen molar-refractivity contribution in [3.63, 3.8) is 0 Å². The van der Waals surface area contributed by atoms with Crippen molar-refractivity contribution in [2.75, 3.05) is 13.1 Å². The summed E-state index contributed by atoms with van der Waals surface area (Å²) in [6.45, 7) is 1.63. The summed E-state index contributed by atoms with van der Waals surface area (Å²) in [6.07, 6.45) is 6.16. The standard InChI is InChI=1S/C18H18N2O/c21-18(10-9-17-8-4-5-12-19-17)20-13-11-16(14-20)15-6-2-1-3-7-15/h1-10,12,16H,11,13-14H2. The van der Waals surface area contributed by atoms with E-state index in [1.165, 1.54) is 5.56 Å². The number of carbonyl (C=O) groups excluding carboxylic acids is 1. The molecule has 1 saturated heterocycles. The molecule has 0 aliphatic carbocycles. The van der Waals surface area contributed by atoms with Gasteiger partial charge in [-0.2, -0.15) is 0 Å². The van der Waals surface area contributed by atoms with Gasteiger partial charge in [0.1, 0.15) is 0 Å². The topological polar surface area (TPSA) is 33.2 Å². The molecule has 0 radical (unpaired) electrons. The highest BCUT2D eigenvalue weighted by Crippen LogP contribution is 2.26. The lowest BCUT2D eigenvalue weighted by molar-refractivity contribution is -0.124. The van der Waals surface area contributed by atoms with Gasteiger partial charge < -0.3 is 4.90 Å². The van der Waals surface area contributed by atoms with Crippen LogP contribution in [0.15, 0.2) is 60.8 Å². The molecule has 0 saturated carbocycles. The molecule has 21 heavy (non-hydrogen) atoms. The summed E-state index contributed by atoms with van der Waals surface area (Å²) >= 11 is 0. The quantitative estimate of drug-likeness (QED) is 0.808. The Kier molecular flexibility index (Phi) is 4.10. The molecule has 1 aliphatic rings. The third-order valence-electron chi connectivity index (χ3n) is 3.86. The molecule has 3 rings (SSSR count). The van der Waals surface area contributed by atoms with Gasteiger partial charge >= 0.3 is 0 Å². The van der Waals surface area contributed by atoms with Crippen LogP contribution in [0.25, 0.3) is 6.08 Å². The Morgan fingerprint density at radius 1 is 1.14 bits per heavy atom. The van der Waals surface area contributed by atoms with Crippen molar-refractivity contribution in [1.82, 2.24) is 9.88 Å². The normalized spacial score (nSPS) is 18.3. The number of benzene rings is 1. The molecule has 1 amide bonds. The van der Waals surface area contributed by atoms with Crippen molar-refractivity contribution in [2.45, 2.75) is 12.3 Å². The number of amides is 1. The minimum absolute atomic E-state index is 0.0686. The summed E-state index contributed by atoms with van der Waals surface area (Å²) in [4.78, 5) is 18.3. The molecule has 1 unspecified atom stereocenters. The highest BCUT2D eigenvalue weighted by Gasteiger charge is 2.25. The zero-order chi connectivity index (χ0) is 14.5. The lowest BCUT2D eigenvalue weighted by Gasteiger charge is -2.14. The monoisotopic (exact) mass is 278 g/mol. The summed E-state index contributed by atoms with van der Waals surface area (Å²) < 4.78 is 0. The SMILES string of the molecule is O=C(C=Cc1ccccn1)N1CCC(c2ccccc2)C1. The number of hydrogen-bond acceptors (Lipinski definition) is 2. The molecule has 1 fully saturated rings. The molecule has 3 nitrogen and oxygen atoms in total. The van der Waals surface area contributed by atoms with Crippen LogP contribution in [0.4, 0.5) is 0 Å². The van der Waals surface area contributed by atoms with Gasteiger partial charge in [0, 0.05) is 31.3 Å². The van der Waals surface area contributed by atoms with Crippen LogP contribution in [0.5, 0.6) is 0 Å². The molecule has 1 aromatic carbocycles. The van der Waals surface area contributed by atoms with Gasteiger partial charge in [0.2, 0.25) is 5.91 Å². The Labute approximate surface area is 124 Å². The van der Waals surface area contributed by atoms with Crippen LogP contribution in [0, 0.1) is 0 Å². The lowest BCUT2D eigenvalue weighted by Crippen LogP contribution is -2.26. The molecule has 106 valence electrons. The zero-order valence-electron chi connectivity index (χ0n) is 11.9. The smallest absolute Gasteiger partial charge is 0.246 e. The number of nitrogens with zero attached hydrogens (tertiary/aromatic N) is 2. The number of likely N-dealkylation sites (tertiary alicyclic amines) is 1. The van der Waals surface area contributed by atoms with E-state index in [4.69, 9.17) is 0 Å². The van der Waals surface area contributed by atoms with Gasteiger partial charge in [0.15, 0.2) is 0 Å². The summed E-state index contributed by atoms with van der Waals surface area (Å²) in [6, 6.07) is 16.1. The molecule has 1 aromatic heterocycles. The van der Waals surface area contributed by atoms with Crippen molar-refractivity contribution >= 4 is 12.0 Å². The first-order valence-corrected chi connectivity index (χ1v) is 7.26. The van der Waals surface area contributed by atoms with Gasteiger partial charge in [-0.25, -0.2) is 0 Å². The van der Waals surface area contributed by atoms with Crippen LogP contribution < -0.4 is 0 Å². The van der Waals surface area contributed by atoms with Crippen LogP contribution in [-0.4, -0.2) is 28.9 Å². The van der Waals surface area contributed by atoms with E-state index < -0.39 is 0 Å². The maximum absolute atomic E-state index is 12.2. The van der Waals surface area contributed by atoms with E-state index in [2.05, 4.69) is 29.2 Å². The summed E-state index contributed by atoms with van der Waals surface area (Å²) in [5.41, 5.74) is 2.13. The van der Waals surface area contributed by atoms with Crippen LogP contribution in [0.2, 0.25) is 0 Å². The van der Waals surface area contributed by atoms with E-state index in [1.54, 1.807) is 18.3 Å². The van der Waals surface area contributed by atoms with Gasteiger partial charge in [0.25, 0.3) is 0 Å². The number of carbonyl (C=O) groups is 1. The van der Waals surface area contributed by atoms with E-state index >= 15 is 0 Å². The van der Waals surface area contributed by atoms with Crippen molar-refractivity contribution in [1.29, 1.82) is 0 Å². The van der Waals surface area contributed by atoms with Crippen molar-refractivity contribution in [2.24, 2.45) is 0 Å². The largest absolute Gasteiger partial charge is 0.339 e. The van der Waals surface area contributed by atoms with Gasteiger partial charge in [-0.05, 0) is 30.2 Å². The van der Waals surface area contributed by atoms with Gasteiger partial charge in [-0.3, -0.25) is 9.78 Å². The van der Waals surface area contributed by atoms with Crippen molar-refractivity contribution in [3.8, 4) is 0 Å². The molecule has 2 heterocycles. The van der Waals surface area contributed by atoms with Crippen LogP contribution in [0.3, 0.4) is 0 Å². The first-order chi connectivity index (χ1) is 10.3. The fourth-order valence-electron chi connectivity index (χ4n) is 2.69. The van der Waals surface area contributed by atoms with E-state index in [1.807, 2.05) is 29.2 Å². The minimum atomic E-state index is 0.0686. The number of hydrogen-bond donors (Lipinski definition) is 0. The second-order valence-corrected chi connectivity index (χ2v) is 5.27. The second-order valence-electron chi connectivity index (χ2n) is 5.27. The molecule has 0 N–H and O–H groups in total. The third-order valence-corrected chi connectivity index (χ3v) is 3.86.